The molecule has 0 spiro atoms. The van der Waals surface area contributed by atoms with Crippen LogP contribution in [0, 0.1) is 0 Å². The lowest BCUT2D eigenvalue weighted by molar-refractivity contribution is 0.0737. The predicted octanol–water partition coefficient (Wildman–Crippen LogP) is 2.29. The van der Waals surface area contributed by atoms with Crippen LogP contribution in [0.15, 0.2) is 16.3 Å². The third-order valence-corrected chi connectivity index (χ3v) is 6.29. The summed E-state index contributed by atoms with van der Waals surface area (Å²) in [6.45, 7) is 8.39. The third kappa shape index (κ3) is 6.04. The Hall–Kier alpha value is -0.470. The zero-order valence-electron chi connectivity index (χ0n) is 13.3. The first-order valence-corrected chi connectivity index (χ1v) is 9.51. The number of hydrogen-bond donors (Lipinski definition) is 1. The quantitative estimate of drug-likeness (QED) is 0.667. The largest absolute Gasteiger partial charge is 0.377 e. The van der Waals surface area contributed by atoms with E-state index in [1.54, 1.807) is 13.1 Å². The van der Waals surface area contributed by atoms with Crippen LogP contribution in [-0.2, 0) is 21.3 Å². The van der Waals surface area contributed by atoms with Crippen LogP contribution in [0.1, 0.15) is 32.1 Å². The summed E-state index contributed by atoms with van der Waals surface area (Å²) in [5, 5.41) is 3.27. The number of sulfonamides is 1. The molecule has 0 aliphatic rings. The molecule has 1 aromatic heterocycles. The maximum Gasteiger partial charge on any atom is 0.252 e. The average Bonchev–Trinajstić information content (AvgIpc) is 2.88. The Morgan fingerprint density at radius 3 is 2.71 bits per heavy atom. The van der Waals surface area contributed by atoms with Crippen molar-refractivity contribution in [2.24, 2.45) is 0 Å². The second kappa shape index (κ2) is 8.85. The van der Waals surface area contributed by atoms with Gasteiger partial charge in [0.2, 0.25) is 0 Å². The van der Waals surface area contributed by atoms with Gasteiger partial charge in [0.1, 0.15) is 4.21 Å². The Morgan fingerprint density at radius 1 is 1.38 bits per heavy atom. The first-order chi connectivity index (χ1) is 9.87. The highest BCUT2D eigenvalue weighted by Gasteiger charge is 2.22. The number of rotatable bonds is 10. The monoisotopic (exact) mass is 334 g/mol. The van der Waals surface area contributed by atoms with Gasteiger partial charge in [-0.05, 0) is 38.9 Å². The van der Waals surface area contributed by atoms with Gasteiger partial charge in [-0.15, -0.1) is 11.3 Å². The third-order valence-electron chi connectivity index (χ3n) is 2.88. The molecule has 1 aromatic rings. The molecule has 21 heavy (non-hydrogen) atoms. The molecule has 0 aliphatic carbocycles. The van der Waals surface area contributed by atoms with Crippen molar-refractivity contribution < 1.29 is 13.2 Å². The van der Waals surface area contributed by atoms with Gasteiger partial charge in [-0.1, -0.05) is 6.92 Å². The Kier molecular flexibility index (Phi) is 7.83. The summed E-state index contributed by atoms with van der Waals surface area (Å²) in [5.41, 5.74) is 0. The molecule has 0 fully saturated rings. The Bertz CT molecular complexity index is 512. The van der Waals surface area contributed by atoms with Crippen LogP contribution in [0.5, 0.6) is 0 Å². The van der Waals surface area contributed by atoms with Gasteiger partial charge in [0.05, 0.1) is 12.7 Å². The van der Waals surface area contributed by atoms with Crippen molar-refractivity contribution >= 4 is 21.4 Å². The number of likely N-dealkylation sites (N-methyl/N-ethyl adjacent to an activating group) is 1. The Morgan fingerprint density at radius 2 is 2.10 bits per heavy atom. The van der Waals surface area contributed by atoms with Crippen LogP contribution in [0.2, 0.25) is 0 Å². The van der Waals surface area contributed by atoms with E-state index in [9.17, 15) is 8.42 Å². The first-order valence-electron chi connectivity index (χ1n) is 7.25. The summed E-state index contributed by atoms with van der Waals surface area (Å²) in [7, 11) is -1.81. The molecule has 0 bridgehead atoms. The fourth-order valence-corrected chi connectivity index (χ4v) is 4.36. The molecule has 1 N–H and O–H groups in total. The zero-order chi connectivity index (χ0) is 15.9. The molecule has 1 rings (SSSR count). The molecular formula is C14H26N2O3S2. The van der Waals surface area contributed by atoms with E-state index in [2.05, 4.69) is 12.2 Å². The van der Waals surface area contributed by atoms with E-state index < -0.39 is 10.0 Å². The van der Waals surface area contributed by atoms with Crippen LogP contribution >= 0.6 is 11.3 Å². The van der Waals surface area contributed by atoms with Crippen LogP contribution in [0.4, 0.5) is 0 Å². The lowest BCUT2D eigenvalue weighted by atomic mass is 10.4. The lowest BCUT2D eigenvalue weighted by Crippen LogP contribution is -2.30. The number of hydrogen-bond acceptors (Lipinski definition) is 5. The first kappa shape index (κ1) is 18.6. The highest BCUT2D eigenvalue weighted by molar-refractivity contribution is 7.91. The second-order valence-electron chi connectivity index (χ2n) is 5.14. The van der Waals surface area contributed by atoms with Crippen molar-refractivity contribution in [1.82, 2.24) is 9.62 Å². The van der Waals surface area contributed by atoms with Gasteiger partial charge in [-0.3, -0.25) is 0 Å². The predicted molar refractivity (Wildman–Crippen MR) is 87.2 cm³/mol. The topological polar surface area (TPSA) is 58.6 Å². The fourth-order valence-electron chi connectivity index (χ4n) is 1.67. The van der Waals surface area contributed by atoms with Crippen molar-refractivity contribution in [3.8, 4) is 0 Å². The van der Waals surface area contributed by atoms with E-state index in [1.165, 1.54) is 15.6 Å². The van der Waals surface area contributed by atoms with Gasteiger partial charge < -0.3 is 10.1 Å². The van der Waals surface area contributed by atoms with E-state index in [4.69, 9.17) is 4.74 Å². The Labute approximate surface area is 132 Å². The van der Waals surface area contributed by atoms with E-state index in [0.717, 1.165) is 17.8 Å². The molecule has 0 aromatic carbocycles. The van der Waals surface area contributed by atoms with E-state index >= 15 is 0 Å². The maximum atomic E-state index is 12.4. The molecule has 0 saturated carbocycles. The fraction of sp³-hybridized carbons (Fsp3) is 0.714. The van der Waals surface area contributed by atoms with E-state index in [-0.39, 0.29) is 6.10 Å². The SMILES string of the molecule is CCCNCc1ccc(S(=O)(=O)N(C)CCOC(C)C)s1. The highest BCUT2D eigenvalue weighted by atomic mass is 32.2. The van der Waals surface area contributed by atoms with Crippen molar-refractivity contribution in [2.75, 3.05) is 26.7 Å². The molecule has 5 nitrogen and oxygen atoms in total. The van der Waals surface area contributed by atoms with Crippen LogP contribution in [0.25, 0.3) is 0 Å². The standard InChI is InChI=1S/C14H26N2O3S2/c1-5-8-15-11-13-6-7-14(20-13)21(17,18)16(4)9-10-19-12(2)3/h6-7,12,15H,5,8-11H2,1-4H3. The van der Waals surface area contributed by atoms with Crippen molar-refractivity contribution in [1.29, 1.82) is 0 Å². The normalized spacial score (nSPS) is 12.5. The highest BCUT2D eigenvalue weighted by Crippen LogP contribution is 2.24. The molecule has 0 atom stereocenters. The molecule has 122 valence electrons. The summed E-state index contributed by atoms with van der Waals surface area (Å²) in [6.07, 6.45) is 1.17. The second-order valence-corrected chi connectivity index (χ2v) is 8.58. The van der Waals surface area contributed by atoms with E-state index in [1.807, 2.05) is 19.9 Å². The average molecular weight is 335 g/mol. The van der Waals surface area contributed by atoms with Crippen molar-refractivity contribution in [3.05, 3.63) is 17.0 Å². The zero-order valence-corrected chi connectivity index (χ0v) is 14.9. The molecule has 1 heterocycles. The maximum absolute atomic E-state index is 12.4. The van der Waals surface area contributed by atoms with Gasteiger partial charge in [0, 0.05) is 25.0 Å². The minimum Gasteiger partial charge on any atom is -0.377 e. The summed E-state index contributed by atoms with van der Waals surface area (Å²) >= 11 is 1.33. The minimum absolute atomic E-state index is 0.110. The number of ether oxygens (including phenoxy) is 1. The van der Waals surface area contributed by atoms with Crippen LogP contribution < -0.4 is 5.32 Å². The molecule has 0 unspecified atom stereocenters. The Balaban J connectivity index is 2.60. The lowest BCUT2D eigenvalue weighted by Gasteiger charge is -2.16. The van der Waals surface area contributed by atoms with E-state index in [0.29, 0.717) is 23.9 Å². The molecule has 0 radical (unpaired) electrons. The summed E-state index contributed by atoms with van der Waals surface area (Å²) in [4.78, 5) is 1.04. The molecule has 0 amide bonds. The van der Waals surface area contributed by atoms with Crippen LogP contribution in [-0.4, -0.2) is 45.6 Å². The smallest absolute Gasteiger partial charge is 0.252 e. The van der Waals surface area contributed by atoms with Gasteiger partial charge in [-0.2, -0.15) is 4.31 Å². The number of nitrogens with one attached hydrogen (secondary N) is 1. The number of thiophene rings is 1. The summed E-state index contributed by atoms with van der Waals surface area (Å²) < 4.78 is 32.0. The number of nitrogens with zero attached hydrogens (tertiary/aromatic N) is 1. The molecule has 0 aliphatic heterocycles. The van der Waals surface area contributed by atoms with Gasteiger partial charge >= 0.3 is 0 Å². The van der Waals surface area contributed by atoms with Gasteiger partial charge in [-0.25, -0.2) is 8.42 Å². The minimum atomic E-state index is -3.40. The van der Waals surface area contributed by atoms with Gasteiger partial charge in [0.15, 0.2) is 0 Å². The molecule has 7 heteroatoms. The molecule has 0 saturated heterocycles. The van der Waals surface area contributed by atoms with Gasteiger partial charge in [0.25, 0.3) is 10.0 Å². The summed E-state index contributed by atoms with van der Waals surface area (Å²) in [5.74, 6) is 0. The summed E-state index contributed by atoms with van der Waals surface area (Å²) in [6, 6.07) is 3.56. The van der Waals surface area contributed by atoms with Crippen LogP contribution in [0.3, 0.4) is 0 Å². The van der Waals surface area contributed by atoms with Crippen molar-refractivity contribution in [2.45, 2.75) is 44.0 Å². The molecular weight excluding hydrogens is 308 g/mol. The van der Waals surface area contributed by atoms with Crippen molar-refractivity contribution in [3.63, 3.8) is 0 Å².